The highest BCUT2D eigenvalue weighted by atomic mass is 16.2. The Bertz CT molecular complexity index is 384. The van der Waals surface area contributed by atoms with Gasteiger partial charge in [0.05, 0.1) is 13.0 Å². The number of carbonyl (C=O) groups is 2. The molecule has 1 aromatic rings. The number of nitrogens with zero attached hydrogens (tertiary/aromatic N) is 1. The largest absolute Gasteiger partial charge is 0.399 e. The Labute approximate surface area is 81.3 Å². The van der Waals surface area contributed by atoms with Crippen molar-refractivity contribution in [2.24, 2.45) is 0 Å². The van der Waals surface area contributed by atoms with E-state index in [1.54, 1.807) is 24.3 Å². The number of amides is 1. The van der Waals surface area contributed by atoms with Crippen molar-refractivity contribution in [3.63, 3.8) is 0 Å². The van der Waals surface area contributed by atoms with E-state index in [1.165, 1.54) is 4.90 Å². The van der Waals surface area contributed by atoms with Gasteiger partial charge < -0.3 is 10.6 Å². The van der Waals surface area contributed by atoms with E-state index >= 15 is 0 Å². The number of nitrogen functional groups attached to an aromatic ring is 1. The molecule has 2 N–H and O–H groups in total. The Kier molecular flexibility index (Phi) is 1.96. The molecule has 1 saturated heterocycles. The summed E-state index contributed by atoms with van der Waals surface area (Å²) in [7, 11) is 0. The fourth-order valence-electron chi connectivity index (χ4n) is 1.47. The second-order valence-corrected chi connectivity index (χ2v) is 3.29. The minimum absolute atomic E-state index is 0.0182. The average Bonchev–Trinajstić information content (AvgIpc) is 2.47. The number of rotatable bonds is 1. The van der Waals surface area contributed by atoms with Gasteiger partial charge in [0.15, 0.2) is 5.78 Å². The molecule has 0 unspecified atom stereocenters. The van der Waals surface area contributed by atoms with Gasteiger partial charge in [0.1, 0.15) is 0 Å². The van der Waals surface area contributed by atoms with Crippen LogP contribution in [0.4, 0.5) is 11.4 Å². The van der Waals surface area contributed by atoms with E-state index in [-0.39, 0.29) is 24.7 Å². The molecule has 4 heteroatoms. The van der Waals surface area contributed by atoms with Gasteiger partial charge in [-0.05, 0) is 24.3 Å². The third kappa shape index (κ3) is 1.46. The van der Waals surface area contributed by atoms with Gasteiger partial charge in [-0.2, -0.15) is 0 Å². The fraction of sp³-hybridized carbons (Fsp3) is 0.200. The van der Waals surface area contributed by atoms with Gasteiger partial charge >= 0.3 is 0 Å². The summed E-state index contributed by atoms with van der Waals surface area (Å²) in [6, 6.07) is 6.91. The van der Waals surface area contributed by atoms with E-state index < -0.39 is 0 Å². The predicted molar refractivity (Wildman–Crippen MR) is 52.8 cm³/mol. The molecule has 0 atom stereocenters. The zero-order valence-electron chi connectivity index (χ0n) is 7.56. The molecule has 2 rings (SSSR count). The van der Waals surface area contributed by atoms with Crippen LogP contribution in [0.2, 0.25) is 0 Å². The molecule has 0 bridgehead atoms. The Hall–Kier alpha value is -1.84. The molecular formula is C10H10N2O2. The molecule has 1 amide bonds. The summed E-state index contributed by atoms with van der Waals surface area (Å²) in [5.74, 6) is -0.174. The maximum Gasteiger partial charge on any atom is 0.234 e. The number of ketones is 1. The highest BCUT2D eigenvalue weighted by molar-refractivity contribution is 6.15. The second kappa shape index (κ2) is 3.14. The summed E-state index contributed by atoms with van der Waals surface area (Å²) in [5.41, 5.74) is 6.89. The summed E-state index contributed by atoms with van der Waals surface area (Å²) in [4.78, 5) is 23.8. The molecule has 0 aromatic heterocycles. The monoisotopic (exact) mass is 190 g/mol. The van der Waals surface area contributed by atoms with Crippen molar-refractivity contribution >= 4 is 23.1 Å². The van der Waals surface area contributed by atoms with E-state index in [0.717, 1.165) is 5.69 Å². The quantitative estimate of drug-likeness (QED) is 0.520. The van der Waals surface area contributed by atoms with Crippen LogP contribution >= 0.6 is 0 Å². The van der Waals surface area contributed by atoms with Crippen LogP contribution in [0.25, 0.3) is 0 Å². The van der Waals surface area contributed by atoms with Crippen molar-refractivity contribution in [2.45, 2.75) is 6.42 Å². The van der Waals surface area contributed by atoms with E-state index in [2.05, 4.69) is 0 Å². The first-order chi connectivity index (χ1) is 6.66. The number of nitrogens with two attached hydrogens (primary N) is 1. The Morgan fingerprint density at radius 3 is 2.29 bits per heavy atom. The smallest absolute Gasteiger partial charge is 0.234 e. The zero-order chi connectivity index (χ0) is 10.1. The normalized spacial score (nSPS) is 16.4. The maximum atomic E-state index is 11.3. The van der Waals surface area contributed by atoms with Gasteiger partial charge in [-0.25, -0.2) is 0 Å². The third-order valence-corrected chi connectivity index (χ3v) is 2.19. The minimum Gasteiger partial charge on any atom is -0.399 e. The van der Waals surface area contributed by atoms with E-state index in [4.69, 9.17) is 5.73 Å². The van der Waals surface area contributed by atoms with Gasteiger partial charge in [-0.3, -0.25) is 9.59 Å². The number of Topliss-reactive ketones (excluding diaryl/α,β-unsaturated/α-hetero) is 1. The van der Waals surface area contributed by atoms with Gasteiger partial charge in [-0.15, -0.1) is 0 Å². The molecule has 0 spiro atoms. The Morgan fingerprint density at radius 2 is 1.79 bits per heavy atom. The highest BCUT2D eigenvalue weighted by Crippen LogP contribution is 2.20. The number of benzene rings is 1. The molecule has 0 aliphatic carbocycles. The molecule has 0 radical (unpaired) electrons. The summed E-state index contributed by atoms with van der Waals surface area (Å²) in [5, 5.41) is 0. The lowest BCUT2D eigenvalue weighted by Gasteiger charge is -2.14. The topological polar surface area (TPSA) is 63.4 Å². The predicted octanol–water partition coefficient (Wildman–Crippen LogP) is 0.575. The van der Waals surface area contributed by atoms with Crippen LogP contribution in [0.5, 0.6) is 0 Å². The lowest BCUT2D eigenvalue weighted by Crippen LogP contribution is -2.24. The van der Waals surface area contributed by atoms with Crippen molar-refractivity contribution in [2.75, 3.05) is 17.2 Å². The number of hydrogen-bond acceptors (Lipinski definition) is 3. The first-order valence-electron chi connectivity index (χ1n) is 4.34. The highest BCUT2D eigenvalue weighted by Gasteiger charge is 2.28. The standard InChI is InChI=1S/C10H10N2O2/c11-7-1-3-8(4-2-7)12-6-9(13)5-10(12)14/h1-4H,5-6,11H2. The summed E-state index contributed by atoms with van der Waals surface area (Å²) in [6.45, 7) is 0.183. The van der Waals surface area contributed by atoms with Crippen LogP contribution < -0.4 is 10.6 Å². The van der Waals surface area contributed by atoms with Crippen molar-refractivity contribution in [1.82, 2.24) is 0 Å². The first kappa shape index (κ1) is 8.74. The lowest BCUT2D eigenvalue weighted by molar-refractivity contribution is -0.121. The number of carbonyl (C=O) groups excluding carboxylic acids is 2. The zero-order valence-corrected chi connectivity index (χ0v) is 7.56. The van der Waals surface area contributed by atoms with Crippen LogP contribution in [0, 0.1) is 0 Å². The maximum absolute atomic E-state index is 11.3. The van der Waals surface area contributed by atoms with Crippen molar-refractivity contribution in [3.05, 3.63) is 24.3 Å². The van der Waals surface area contributed by atoms with Gasteiger partial charge in [0, 0.05) is 11.4 Å². The molecule has 1 heterocycles. The second-order valence-electron chi connectivity index (χ2n) is 3.29. The van der Waals surface area contributed by atoms with Crippen molar-refractivity contribution < 1.29 is 9.59 Å². The minimum atomic E-state index is -0.139. The van der Waals surface area contributed by atoms with E-state index in [9.17, 15) is 9.59 Å². The molecular weight excluding hydrogens is 180 g/mol. The Balaban J connectivity index is 2.27. The lowest BCUT2D eigenvalue weighted by atomic mass is 10.2. The van der Waals surface area contributed by atoms with Gasteiger partial charge in [0.25, 0.3) is 0 Å². The first-order valence-corrected chi connectivity index (χ1v) is 4.34. The van der Waals surface area contributed by atoms with E-state index in [1.807, 2.05) is 0 Å². The van der Waals surface area contributed by atoms with Gasteiger partial charge in [-0.1, -0.05) is 0 Å². The van der Waals surface area contributed by atoms with Crippen LogP contribution in [0.1, 0.15) is 6.42 Å². The van der Waals surface area contributed by atoms with Crippen LogP contribution in [0.3, 0.4) is 0 Å². The summed E-state index contributed by atoms with van der Waals surface area (Å²) < 4.78 is 0. The summed E-state index contributed by atoms with van der Waals surface area (Å²) in [6.07, 6.45) is 0.0182. The summed E-state index contributed by atoms with van der Waals surface area (Å²) >= 11 is 0. The molecule has 1 aliphatic rings. The van der Waals surface area contributed by atoms with E-state index in [0.29, 0.717) is 5.69 Å². The molecule has 1 aliphatic heterocycles. The molecule has 4 nitrogen and oxygen atoms in total. The average molecular weight is 190 g/mol. The van der Waals surface area contributed by atoms with Crippen molar-refractivity contribution in [1.29, 1.82) is 0 Å². The number of anilines is 2. The number of hydrogen-bond donors (Lipinski definition) is 1. The Morgan fingerprint density at radius 1 is 1.14 bits per heavy atom. The van der Waals surface area contributed by atoms with Crippen LogP contribution in [-0.2, 0) is 9.59 Å². The van der Waals surface area contributed by atoms with Gasteiger partial charge in [0.2, 0.25) is 5.91 Å². The molecule has 1 aromatic carbocycles. The van der Waals surface area contributed by atoms with Crippen molar-refractivity contribution in [3.8, 4) is 0 Å². The molecule has 1 fully saturated rings. The molecule has 14 heavy (non-hydrogen) atoms. The van der Waals surface area contributed by atoms with Crippen LogP contribution in [-0.4, -0.2) is 18.2 Å². The molecule has 0 saturated carbocycles. The third-order valence-electron chi connectivity index (χ3n) is 2.19. The SMILES string of the molecule is Nc1ccc(N2CC(=O)CC2=O)cc1. The molecule has 72 valence electrons. The van der Waals surface area contributed by atoms with Crippen LogP contribution in [0.15, 0.2) is 24.3 Å². The fourth-order valence-corrected chi connectivity index (χ4v) is 1.47.